The second-order valence-electron chi connectivity index (χ2n) is 6.18. The minimum absolute atomic E-state index is 0.0960. The van der Waals surface area contributed by atoms with Crippen molar-refractivity contribution in [3.05, 3.63) is 47.5 Å². The predicted octanol–water partition coefficient (Wildman–Crippen LogP) is 5.45. The summed E-state index contributed by atoms with van der Waals surface area (Å²) in [6.07, 6.45) is 1.04. The highest BCUT2D eigenvalue weighted by Gasteiger charge is 2.23. The minimum Gasteiger partial charge on any atom is -0.456 e. The first kappa shape index (κ1) is 12.3. The Bertz CT molecular complexity index is 741. The lowest BCUT2D eigenvalue weighted by atomic mass is 9.82. The van der Waals surface area contributed by atoms with Crippen molar-refractivity contribution in [1.29, 1.82) is 0 Å². The molecule has 0 aliphatic rings. The van der Waals surface area contributed by atoms with Gasteiger partial charge in [-0.15, -0.1) is 0 Å². The average molecular weight is 252 g/mol. The molecule has 19 heavy (non-hydrogen) atoms. The summed E-state index contributed by atoms with van der Waals surface area (Å²) in [7, 11) is 0. The third kappa shape index (κ3) is 1.85. The van der Waals surface area contributed by atoms with Gasteiger partial charge in [-0.1, -0.05) is 58.0 Å². The van der Waals surface area contributed by atoms with E-state index in [0.29, 0.717) is 0 Å². The molecule has 0 N–H and O–H groups in total. The number of hydrogen-bond donors (Lipinski definition) is 0. The standard InChI is InChI=1S/C18H20O/c1-5-12-10-11-14-13-8-6-7-9-15(13)19-17(14)16(12)18(2,3)4/h6-11H,5H2,1-4H3. The summed E-state index contributed by atoms with van der Waals surface area (Å²) in [4.78, 5) is 0. The van der Waals surface area contributed by atoms with Crippen LogP contribution in [-0.4, -0.2) is 0 Å². The van der Waals surface area contributed by atoms with Gasteiger partial charge in [-0.05, 0) is 23.5 Å². The summed E-state index contributed by atoms with van der Waals surface area (Å²) in [5.74, 6) is 0. The summed E-state index contributed by atoms with van der Waals surface area (Å²) >= 11 is 0. The van der Waals surface area contributed by atoms with Crippen molar-refractivity contribution in [3.63, 3.8) is 0 Å². The highest BCUT2D eigenvalue weighted by Crippen LogP contribution is 2.38. The first-order valence-electron chi connectivity index (χ1n) is 6.96. The molecule has 0 bridgehead atoms. The second-order valence-corrected chi connectivity index (χ2v) is 6.18. The smallest absolute Gasteiger partial charge is 0.139 e. The van der Waals surface area contributed by atoms with E-state index in [0.717, 1.165) is 17.6 Å². The van der Waals surface area contributed by atoms with Crippen molar-refractivity contribution in [2.45, 2.75) is 39.5 Å². The highest BCUT2D eigenvalue weighted by molar-refractivity contribution is 6.06. The van der Waals surface area contributed by atoms with Crippen molar-refractivity contribution in [2.24, 2.45) is 0 Å². The third-order valence-electron chi connectivity index (χ3n) is 3.76. The van der Waals surface area contributed by atoms with Crippen LogP contribution in [0.1, 0.15) is 38.8 Å². The van der Waals surface area contributed by atoms with E-state index < -0.39 is 0 Å². The van der Waals surface area contributed by atoms with Crippen LogP contribution in [0.15, 0.2) is 40.8 Å². The molecule has 0 aliphatic heterocycles. The lowest BCUT2D eigenvalue weighted by molar-refractivity contribution is 0.566. The normalized spacial score (nSPS) is 12.4. The minimum atomic E-state index is 0.0960. The van der Waals surface area contributed by atoms with Crippen LogP contribution in [-0.2, 0) is 11.8 Å². The molecule has 0 fully saturated rings. The Morgan fingerprint density at radius 1 is 0.947 bits per heavy atom. The van der Waals surface area contributed by atoms with Crippen LogP contribution < -0.4 is 0 Å². The molecule has 0 atom stereocenters. The average Bonchev–Trinajstić information content (AvgIpc) is 2.74. The van der Waals surface area contributed by atoms with Crippen LogP contribution in [0, 0.1) is 0 Å². The Balaban J connectivity index is 2.49. The SMILES string of the molecule is CCc1ccc2c(oc3ccccc32)c1C(C)(C)C. The molecule has 0 aliphatic carbocycles. The van der Waals surface area contributed by atoms with E-state index in [1.54, 1.807) is 0 Å². The van der Waals surface area contributed by atoms with Gasteiger partial charge in [0.1, 0.15) is 11.2 Å². The van der Waals surface area contributed by atoms with Gasteiger partial charge >= 0.3 is 0 Å². The second kappa shape index (κ2) is 4.12. The molecule has 3 aromatic rings. The maximum absolute atomic E-state index is 6.15. The first-order valence-corrected chi connectivity index (χ1v) is 6.96. The van der Waals surface area contributed by atoms with Crippen molar-refractivity contribution < 1.29 is 4.42 Å². The van der Waals surface area contributed by atoms with Gasteiger partial charge in [0, 0.05) is 16.3 Å². The fraction of sp³-hybridized carbons (Fsp3) is 0.333. The van der Waals surface area contributed by atoms with E-state index in [1.807, 2.05) is 12.1 Å². The van der Waals surface area contributed by atoms with E-state index in [9.17, 15) is 0 Å². The molecule has 0 unspecified atom stereocenters. The number of hydrogen-bond acceptors (Lipinski definition) is 1. The maximum atomic E-state index is 6.15. The van der Waals surface area contributed by atoms with Gasteiger partial charge < -0.3 is 4.42 Å². The van der Waals surface area contributed by atoms with E-state index in [4.69, 9.17) is 4.42 Å². The van der Waals surface area contributed by atoms with E-state index in [1.165, 1.54) is 21.9 Å². The van der Waals surface area contributed by atoms with Crippen LogP contribution >= 0.6 is 0 Å². The third-order valence-corrected chi connectivity index (χ3v) is 3.76. The van der Waals surface area contributed by atoms with Crippen LogP contribution in [0.3, 0.4) is 0 Å². The van der Waals surface area contributed by atoms with Crippen LogP contribution in [0.5, 0.6) is 0 Å². The Morgan fingerprint density at radius 2 is 1.68 bits per heavy atom. The largest absolute Gasteiger partial charge is 0.456 e. The molecule has 3 rings (SSSR count). The monoisotopic (exact) mass is 252 g/mol. The van der Waals surface area contributed by atoms with Gasteiger partial charge in [0.15, 0.2) is 0 Å². The van der Waals surface area contributed by atoms with Gasteiger partial charge in [-0.3, -0.25) is 0 Å². The van der Waals surface area contributed by atoms with Gasteiger partial charge in [-0.2, -0.15) is 0 Å². The van der Waals surface area contributed by atoms with Crippen molar-refractivity contribution >= 4 is 21.9 Å². The molecule has 1 heterocycles. The van der Waals surface area contributed by atoms with Gasteiger partial charge in [0.05, 0.1) is 0 Å². The Kier molecular flexibility index (Phi) is 2.67. The number of rotatable bonds is 1. The number of para-hydroxylation sites is 1. The molecule has 1 aromatic heterocycles. The first-order chi connectivity index (χ1) is 9.02. The van der Waals surface area contributed by atoms with Crippen molar-refractivity contribution in [2.75, 3.05) is 0 Å². The molecule has 2 aromatic carbocycles. The lowest BCUT2D eigenvalue weighted by Crippen LogP contribution is -2.14. The zero-order valence-corrected chi connectivity index (χ0v) is 12.1. The predicted molar refractivity (Wildman–Crippen MR) is 81.8 cm³/mol. The van der Waals surface area contributed by atoms with Gasteiger partial charge in [0.2, 0.25) is 0 Å². The van der Waals surface area contributed by atoms with E-state index in [-0.39, 0.29) is 5.41 Å². The van der Waals surface area contributed by atoms with Crippen LogP contribution in [0.2, 0.25) is 0 Å². The molecule has 0 amide bonds. The fourth-order valence-electron chi connectivity index (χ4n) is 2.95. The van der Waals surface area contributed by atoms with E-state index in [2.05, 4.69) is 52.0 Å². The molecule has 98 valence electrons. The number of fused-ring (bicyclic) bond motifs is 3. The quantitative estimate of drug-likeness (QED) is 0.561. The number of furan rings is 1. The van der Waals surface area contributed by atoms with Crippen LogP contribution in [0.4, 0.5) is 0 Å². The zero-order chi connectivity index (χ0) is 13.6. The maximum Gasteiger partial charge on any atom is 0.139 e. The molecule has 0 radical (unpaired) electrons. The number of aryl methyl sites for hydroxylation is 1. The summed E-state index contributed by atoms with van der Waals surface area (Å²) in [6, 6.07) is 12.7. The molecular weight excluding hydrogens is 232 g/mol. The molecule has 0 saturated carbocycles. The zero-order valence-electron chi connectivity index (χ0n) is 12.1. The Labute approximate surface area is 114 Å². The lowest BCUT2D eigenvalue weighted by Gasteiger charge is -2.22. The molecule has 1 heteroatoms. The van der Waals surface area contributed by atoms with Gasteiger partial charge in [0.25, 0.3) is 0 Å². The van der Waals surface area contributed by atoms with Crippen molar-refractivity contribution in [3.8, 4) is 0 Å². The fourth-order valence-corrected chi connectivity index (χ4v) is 2.95. The van der Waals surface area contributed by atoms with E-state index >= 15 is 0 Å². The molecule has 1 nitrogen and oxygen atoms in total. The summed E-state index contributed by atoms with van der Waals surface area (Å²) in [5, 5.41) is 2.45. The summed E-state index contributed by atoms with van der Waals surface area (Å²) in [5.41, 5.74) is 4.88. The number of benzene rings is 2. The molecule has 0 spiro atoms. The van der Waals surface area contributed by atoms with Gasteiger partial charge in [-0.25, -0.2) is 0 Å². The van der Waals surface area contributed by atoms with Crippen molar-refractivity contribution in [1.82, 2.24) is 0 Å². The summed E-state index contributed by atoms with van der Waals surface area (Å²) < 4.78 is 6.15. The van der Waals surface area contributed by atoms with Crippen LogP contribution in [0.25, 0.3) is 21.9 Å². The Morgan fingerprint density at radius 3 is 2.37 bits per heavy atom. The summed E-state index contributed by atoms with van der Waals surface area (Å²) in [6.45, 7) is 8.98. The molecular formula is C18H20O. The molecule has 0 saturated heterocycles. The highest BCUT2D eigenvalue weighted by atomic mass is 16.3. The topological polar surface area (TPSA) is 13.1 Å². The Hall–Kier alpha value is -1.76.